The van der Waals surface area contributed by atoms with Crippen LogP contribution in [0.25, 0.3) is 0 Å². The highest BCUT2D eigenvalue weighted by Crippen LogP contribution is 2.47. The molecule has 2 aliphatic rings. The summed E-state index contributed by atoms with van der Waals surface area (Å²) in [5.74, 6) is 0.373. The predicted molar refractivity (Wildman–Crippen MR) is 116 cm³/mol. The Labute approximate surface area is 173 Å². The van der Waals surface area contributed by atoms with Crippen molar-refractivity contribution in [2.75, 3.05) is 24.5 Å². The number of hydrogen-bond donors (Lipinski definition) is 0. The molecule has 2 aromatic rings. The van der Waals surface area contributed by atoms with Crippen molar-refractivity contribution < 1.29 is 4.79 Å². The lowest BCUT2D eigenvalue weighted by atomic mass is 9.78. The lowest BCUT2D eigenvalue weighted by molar-refractivity contribution is 0.0986. The maximum atomic E-state index is 13.2. The zero-order valence-electron chi connectivity index (χ0n) is 17.4. The van der Waals surface area contributed by atoms with Gasteiger partial charge in [0, 0.05) is 29.8 Å². The molecule has 0 spiro atoms. The number of amides is 1. The Balaban J connectivity index is 1.70. The van der Waals surface area contributed by atoms with E-state index in [1.165, 1.54) is 11.1 Å². The molecule has 1 heterocycles. The molecule has 0 N–H and O–H groups in total. The predicted octanol–water partition coefficient (Wildman–Crippen LogP) is 4.74. The zero-order valence-corrected chi connectivity index (χ0v) is 17.4. The van der Waals surface area contributed by atoms with Crippen LogP contribution in [0.5, 0.6) is 0 Å². The second-order valence-electron chi connectivity index (χ2n) is 8.24. The largest absolute Gasteiger partial charge is 0.307 e. The third-order valence-corrected chi connectivity index (χ3v) is 6.36. The number of nitriles is 1. The first-order valence-corrected chi connectivity index (χ1v) is 10.8. The highest BCUT2D eigenvalue weighted by atomic mass is 16.2. The van der Waals surface area contributed by atoms with Crippen LogP contribution >= 0.6 is 0 Å². The van der Waals surface area contributed by atoms with Gasteiger partial charge in [-0.05, 0) is 74.2 Å². The Hall–Kier alpha value is -2.64. The average molecular weight is 388 g/mol. The quantitative estimate of drug-likeness (QED) is 0.719. The lowest BCUT2D eigenvalue weighted by Gasteiger charge is -2.37. The lowest BCUT2D eigenvalue weighted by Crippen LogP contribution is -2.42. The topological polar surface area (TPSA) is 47.3 Å². The molecule has 2 aromatic carbocycles. The van der Waals surface area contributed by atoms with Crippen LogP contribution in [-0.2, 0) is 6.42 Å². The van der Waals surface area contributed by atoms with E-state index in [9.17, 15) is 10.1 Å². The fourth-order valence-corrected chi connectivity index (χ4v) is 5.18. The van der Waals surface area contributed by atoms with E-state index in [2.05, 4.69) is 24.8 Å². The SMILES string of the molecule is CCCN(CCC)[C@@H]1Cc2c(C#N)ccc3c2[C@@H](C1)CN3C(=O)c1ccccc1. The smallest absolute Gasteiger partial charge is 0.258 e. The summed E-state index contributed by atoms with van der Waals surface area (Å²) < 4.78 is 0. The van der Waals surface area contributed by atoms with Gasteiger partial charge in [-0.3, -0.25) is 4.79 Å². The van der Waals surface area contributed by atoms with Crippen molar-refractivity contribution in [2.24, 2.45) is 0 Å². The van der Waals surface area contributed by atoms with E-state index in [0.717, 1.165) is 55.6 Å². The van der Waals surface area contributed by atoms with Crippen molar-refractivity contribution in [1.82, 2.24) is 4.90 Å². The summed E-state index contributed by atoms with van der Waals surface area (Å²) in [6, 6.07) is 16.3. The number of anilines is 1. The summed E-state index contributed by atoms with van der Waals surface area (Å²) in [5, 5.41) is 9.73. The normalized spacial score (nSPS) is 19.9. The van der Waals surface area contributed by atoms with E-state index in [1.807, 2.05) is 47.4 Å². The van der Waals surface area contributed by atoms with Crippen molar-refractivity contribution in [3.63, 3.8) is 0 Å². The Morgan fingerprint density at radius 3 is 2.52 bits per heavy atom. The van der Waals surface area contributed by atoms with Crippen molar-refractivity contribution in [1.29, 1.82) is 5.26 Å². The van der Waals surface area contributed by atoms with Crippen molar-refractivity contribution in [2.45, 2.75) is 51.5 Å². The molecule has 2 atom stereocenters. The molecule has 0 saturated carbocycles. The van der Waals surface area contributed by atoms with Gasteiger partial charge in [0.15, 0.2) is 0 Å². The number of benzene rings is 2. The van der Waals surface area contributed by atoms with Gasteiger partial charge in [0.05, 0.1) is 11.6 Å². The Morgan fingerprint density at radius 2 is 1.86 bits per heavy atom. The number of carbonyl (C=O) groups excluding carboxylic acids is 1. The van der Waals surface area contributed by atoms with E-state index < -0.39 is 0 Å². The first kappa shape index (κ1) is 19.7. The minimum absolute atomic E-state index is 0.0578. The first-order valence-electron chi connectivity index (χ1n) is 10.8. The molecular weight excluding hydrogens is 358 g/mol. The maximum Gasteiger partial charge on any atom is 0.258 e. The van der Waals surface area contributed by atoms with Crippen LogP contribution in [0, 0.1) is 11.3 Å². The monoisotopic (exact) mass is 387 g/mol. The molecule has 0 aromatic heterocycles. The summed E-state index contributed by atoms with van der Waals surface area (Å²) >= 11 is 0. The van der Waals surface area contributed by atoms with Gasteiger partial charge in [0.25, 0.3) is 5.91 Å². The molecule has 4 heteroatoms. The number of hydrogen-bond acceptors (Lipinski definition) is 3. The third kappa shape index (κ3) is 3.56. The molecule has 4 nitrogen and oxygen atoms in total. The third-order valence-electron chi connectivity index (χ3n) is 6.36. The molecule has 1 aliphatic carbocycles. The molecule has 0 unspecified atom stereocenters. The van der Waals surface area contributed by atoms with Crippen LogP contribution in [0.2, 0.25) is 0 Å². The molecule has 0 saturated heterocycles. The van der Waals surface area contributed by atoms with Gasteiger partial charge in [-0.2, -0.15) is 5.26 Å². The Bertz CT molecular complexity index is 925. The van der Waals surface area contributed by atoms with Crippen LogP contribution in [0.1, 0.15) is 66.1 Å². The second kappa shape index (κ2) is 8.39. The standard InChI is InChI=1S/C25H29N3O/c1-3-12-27(13-4-2)21-14-20-17-28(25(29)18-8-6-5-7-9-18)23-11-10-19(16-26)22(15-21)24(20)23/h5-11,20-21H,3-4,12-15,17H2,1-2H3/t20-,21-/m0/s1. The van der Waals surface area contributed by atoms with E-state index >= 15 is 0 Å². The summed E-state index contributed by atoms with van der Waals surface area (Å²) in [5.41, 5.74) is 4.93. The molecule has 4 rings (SSSR count). The molecule has 0 fully saturated rings. The van der Waals surface area contributed by atoms with Gasteiger partial charge in [0.1, 0.15) is 0 Å². The molecule has 1 amide bonds. The maximum absolute atomic E-state index is 13.2. The molecule has 0 radical (unpaired) electrons. The van der Waals surface area contributed by atoms with E-state index in [-0.39, 0.29) is 5.91 Å². The van der Waals surface area contributed by atoms with Gasteiger partial charge in [-0.15, -0.1) is 0 Å². The zero-order chi connectivity index (χ0) is 20.4. The number of carbonyl (C=O) groups is 1. The van der Waals surface area contributed by atoms with Crippen LogP contribution in [-0.4, -0.2) is 36.5 Å². The molecule has 0 bridgehead atoms. The van der Waals surface area contributed by atoms with Crippen LogP contribution < -0.4 is 4.90 Å². The van der Waals surface area contributed by atoms with E-state index in [0.29, 0.717) is 18.5 Å². The average Bonchev–Trinajstić information content (AvgIpc) is 3.13. The molecule has 150 valence electrons. The highest BCUT2D eigenvalue weighted by molar-refractivity contribution is 6.07. The fraction of sp³-hybridized carbons (Fsp3) is 0.440. The minimum Gasteiger partial charge on any atom is -0.307 e. The van der Waals surface area contributed by atoms with Crippen LogP contribution in [0.15, 0.2) is 42.5 Å². The first-order chi connectivity index (χ1) is 14.2. The van der Waals surface area contributed by atoms with Gasteiger partial charge >= 0.3 is 0 Å². The summed E-state index contributed by atoms with van der Waals surface area (Å²) in [6.45, 7) is 7.36. The molecule has 29 heavy (non-hydrogen) atoms. The number of nitrogens with zero attached hydrogens (tertiary/aromatic N) is 3. The van der Waals surface area contributed by atoms with Crippen molar-refractivity contribution >= 4 is 11.6 Å². The van der Waals surface area contributed by atoms with Gasteiger partial charge in [-0.25, -0.2) is 0 Å². The Morgan fingerprint density at radius 1 is 1.14 bits per heavy atom. The van der Waals surface area contributed by atoms with Crippen molar-refractivity contribution in [3.8, 4) is 6.07 Å². The minimum atomic E-state index is 0.0578. The van der Waals surface area contributed by atoms with Crippen LogP contribution in [0.4, 0.5) is 5.69 Å². The molecular formula is C25H29N3O. The van der Waals surface area contributed by atoms with E-state index in [4.69, 9.17) is 0 Å². The van der Waals surface area contributed by atoms with E-state index in [1.54, 1.807) is 0 Å². The Kier molecular flexibility index (Phi) is 5.69. The highest BCUT2D eigenvalue weighted by Gasteiger charge is 2.41. The summed E-state index contributed by atoms with van der Waals surface area (Å²) in [4.78, 5) is 17.8. The van der Waals surface area contributed by atoms with Crippen LogP contribution in [0.3, 0.4) is 0 Å². The van der Waals surface area contributed by atoms with Crippen molar-refractivity contribution in [3.05, 3.63) is 64.7 Å². The fourth-order valence-electron chi connectivity index (χ4n) is 5.18. The van der Waals surface area contributed by atoms with Gasteiger partial charge < -0.3 is 9.80 Å². The van der Waals surface area contributed by atoms with Gasteiger partial charge in [-0.1, -0.05) is 32.0 Å². The molecule has 1 aliphatic heterocycles. The number of rotatable bonds is 6. The summed E-state index contributed by atoms with van der Waals surface area (Å²) in [7, 11) is 0. The second-order valence-corrected chi connectivity index (χ2v) is 8.24. The van der Waals surface area contributed by atoms with Gasteiger partial charge in [0.2, 0.25) is 0 Å². The summed E-state index contributed by atoms with van der Waals surface area (Å²) in [6.07, 6.45) is 4.25.